The summed E-state index contributed by atoms with van der Waals surface area (Å²) < 4.78 is 31.2. The molecule has 2 saturated carbocycles. The number of nitrogens with two attached hydrogens (primary N) is 1. The number of amides is 1. The fraction of sp³-hybridized carbons (Fsp3) is 0.480. The first-order valence-corrected chi connectivity index (χ1v) is 12.5. The lowest BCUT2D eigenvalue weighted by Gasteiger charge is -2.29. The smallest absolute Gasteiger partial charge is 0.224 e. The van der Waals surface area contributed by atoms with Crippen LogP contribution >= 0.6 is 0 Å². The number of anilines is 3. The van der Waals surface area contributed by atoms with Crippen molar-refractivity contribution in [1.82, 2.24) is 19.5 Å². The van der Waals surface area contributed by atoms with Crippen molar-refractivity contribution in [2.45, 2.75) is 69.6 Å². The monoisotopic (exact) mass is 510 g/mol. The number of hydrogen-bond acceptors (Lipinski definition) is 8. The normalized spacial score (nSPS) is 23.9. The van der Waals surface area contributed by atoms with Crippen molar-refractivity contribution < 1.29 is 18.7 Å². The number of fused-ring (bicyclic) bond motifs is 1. The molecule has 5 N–H and O–H groups in total. The van der Waals surface area contributed by atoms with Crippen LogP contribution in [0.4, 0.5) is 26.4 Å². The number of benzene rings is 1. The number of nitriles is 1. The maximum atomic E-state index is 14.7. The molecular weight excluding hydrogens is 482 g/mol. The summed E-state index contributed by atoms with van der Waals surface area (Å²) in [5.41, 5.74) is 5.86. The van der Waals surface area contributed by atoms with Crippen LogP contribution in [-0.2, 0) is 4.79 Å². The van der Waals surface area contributed by atoms with Crippen LogP contribution in [0.25, 0.3) is 11.2 Å². The molecule has 2 atom stereocenters. The molecule has 5 rings (SSSR count). The number of primary amides is 1. The molecule has 0 saturated heterocycles. The lowest BCUT2D eigenvalue weighted by atomic mass is 9.85. The molecule has 0 spiro atoms. The van der Waals surface area contributed by atoms with E-state index in [-0.39, 0.29) is 41.5 Å². The Bertz CT molecular complexity index is 1340. The number of carbonyl (C=O) groups excluding carboxylic acids is 1. The number of halogens is 2. The number of nitrogens with zero attached hydrogens (tertiary/aromatic N) is 5. The standard InChI is InChI=1S/C25H28F2N8O2/c26-18-8-13(11-28)9-19(27)21(18)33-25-32-20-12-30-24(31-15-2-1-3-17(36)10-15)34-23(20)35(25)16-6-4-14(5-7-16)22(29)37/h8-9,12,14-17,36H,1-7,10H2,(H2,29,37)(H,32,33)(H,30,31,34)/t14?,15?,16?,17-/m0/s1. The van der Waals surface area contributed by atoms with Gasteiger partial charge in [-0.25, -0.2) is 18.7 Å². The summed E-state index contributed by atoms with van der Waals surface area (Å²) in [6.45, 7) is 0. The summed E-state index contributed by atoms with van der Waals surface area (Å²) >= 11 is 0. The Hall–Kier alpha value is -3.85. The summed E-state index contributed by atoms with van der Waals surface area (Å²) in [6.07, 6.45) is 6.71. The zero-order valence-electron chi connectivity index (χ0n) is 20.1. The third kappa shape index (κ3) is 5.17. The molecule has 2 aromatic heterocycles. The molecule has 10 nitrogen and oxygen atoms in total. The minimum absolute atomic E-state index is 0.0306. The summed E-state index contributed by atoms with van der Waals surface area (Å²) in [5.74, 6) is -1.84. The Morgan fingerprint density at radius 2 is 1.86 bits per heavy atom. The van der Waals surface area contributed by atoms with Gasteiger partial charge in [-0.15, -0.1) is 0 Å². The van der Waals surface area contributed by atoms with E-state index >= 15 is 0 Å². The molecule has 0 aliphatic heterocycles. The Kier molecular flexibility index (Phi) is 6.88. The van der Waals surface area contributed by atoms with Crippen LogP contribution in [0.1, 0.15) is 63.0 Å². The number of aliphatic hydroxyl groups excluding tert-OH is 1. The highest BCUT2D eigenvalue weighted by Gasteiger charge is 2.30. The fourth-order valence-corrected chi connectivity index (χ4v) is 5.36. The minimum atomic E-state index is -0.920. The second kappa shape index (κ2) is 10.3. The van der Waals surface area contributed by atoms with Crippen LogP contribution in [0.2, 0.25) is 0 Å². The van der Waals surface area contributed by atoms with Gasteiger partial charge in [-0.05, 0) is 63.5 Å². The highest BCUT2D eigenvalue weighted by atomic mass is 19.1. The molecule has 3 aromatic rings. The van der Waals surface area contributed by atoms with Crippen molar-refractivity contribution >= 4 is 34.7 Å². The molecule has 37 heavy (non-hydrogen) atoms. The molecule has 0 radical (unpaired) electrons. The Morgan fingerprint density at radius 1 is 1.14 bits per heavy atom. The van der Waals surface area contributed by atoms with E-state index in [0.29, 0.717) is 49.2 Å². The average molecular weight is 511 g/mol. The van der Waals surface area contributed by atoms with Crippen molar-refractivity contribution in [3.05, 3.63) is 35.5 Å². The number of aliphatic hydroxyl groups is 1. The van der Waals surface area contributed by atoms with Gasteiger partial charge >= 0.3 is 0 Å². The third-order valence-electron chi connectivity index (χ3n) is 7.28. The van der Waals surface area contributed by atoms with E-state index in [4.69, 9.17) is 16.0 Å². The molecule has 1 aromatic carbocycles. The molecule has 2 aliphatic rings. The summed E-state index contributed by atoms with van der Waals surface area (Å²) in [5, 5.41) is 25.1. The first-order chi connectivity index (χ1) is 17.8. The lowest BCUT2D eigenvalue weighted by molar-refractivity contribution is -0.122. The van der Waals surface area contributed by atoms with E-state index in [0.717, 1.165) is 31.4 Å². The maximum Gasteiger partial charge on any atom is 0.224 e. The third-order valence-corrected chi connectivity index (χ3v) is 7.28. The second-order valence-corrected chi connectivity index (χ2v) is 9.83. The van der Waals surface area contributed by atoms with E-state index in [1.165, 1.54) is 0 Å². The average Bonchev–Trinajstić information content (AvgIpc) is 3.23. The van der Waals surface area contributed by atoms with Crippen molar-refractivity contribution in [2.24, 2.45) is 11.7 Å². The molecule has 2 heterocycles. The van der Waals surface area contributed by atoms with Crippen molar-refractivity contribution in [2.75, 3.05) is 10.6 Å². The topological polar surface area (TPSA) is 155 Å². The number of aromatic nitrogens is 4. The summed E-state index contributed by atoms with van der Waals surface area (Å²) in [6, 6.07) is 3.53. The van der Waals surface area contributed by atoms with Crippen molar-refractivity contribution in [1.29, 1.82) is 5.26 Å². The van der Waals surface area contributed by atoms with Crippen LogP contribution in [-0.4, -0.2) is 42.7 Å². The van der Waals surface area contributed by atoms with E-state index in [9.17, 15) is 18.7 Å². The van der Waals surface area contributed by atoms with Crippen LogP contribution < -0.4 is 16.4 Å². The van der Waals surface area contributed by atoms with Gasteiger partial charge in [0.2, 0.25) is 17.8 Å². The first kappa shape index (κ1) is 24.8. The van der Waals surface area contributed by atoms with Crippen LogP contribution in [0, 0.1) is 28.9 Å². The fourth-order valence-electron chi connectivity index (χ4n) is 5.36. The van der Waals surface area contributed by atoms with Gasteiger partial charge in [0.05, 0.1) is 23.9 Å². The quantitative estimate of drug-likeness (QED) is 0.392. The van der Waals surface area contributed by atoms with Gasteiger partial charge < -0.3 is 21.5 Å². The molecule has 12 heteroatoms. The number of hydrogen-bond donors (Lipinski definition) is 4. The van der Waals surface area contributed by atoms with Gasteiger partial charge in [-0.1, -0.05) is 0 Å². The highest BCUT2D eigenvalue weighted by molar-refractivity contribution is 5.78. The molecule has 1 amide bonds. The molecule has 194 valence electrons. The lowest BCUT2D eigenvalue weighted by Crippen LogP contribution is -2.30. The zero-order chi connectivity index (χ0) is 26.1. The summed E-state index contributed by atoms with van der Waals surface area (Å²) in [4.78, 5) is 25.3. The van der Waals surface area contributed by atoms with E-state index in [2.05, 4.69) is 20.6 Å². The van der Waals surface area contributed by atoms with E-state index in [1.807, 2.05) is 0 Å². The first-order valence-electron chi connectivity index (χ1n) is 12.5. The van der Waals surface area contributed by atoms with Gasteiger partial charge in [-0.3, -0.25) is 9.36 Å². The highest BCUT2D eigenvalue weighted by Crippen LogP contribution is 2.37. The zero-order valence-corrected chi connectivity index (χ0v) is 20.1. The Labute approximate surface area is 211 Å². The number of nitrogens with one attached hydrogen (secondary N) is 2. The number of rotatable bonds is 6. The van der Waals surface area contributed by atoms with Crippen molar-refractivity contribution in [3.63, 3.8) is 0 Å². The number of carbonyl (C=O) groups is 1. The molecule has 1 unspecified atom stereocenters. The molecule has 2 fully saturated rings. The van der Waals surface area contributed by atoms with E-state index in [1.54, 1.807) is 16.8 Å². The Balaban J connectivity index is 1.52. The van der Waals surface area contributed by atoms with Crippen LogP contribution in [0.15, 0.2) is 18.3 Å². The summed E-state index contributed by atoms with van der Waals surface area (Å²) in [7, 11) is 0. The molecule has 0 bridgehead atoms. The van der Waals surface area contributed by atoms with Crippen molar-refractivity contribution in [3.8, 4) is 6.07 Å². The SMILES string of the molecule is N#Cc1cc(F)c(Nc2nc3cnc(NC4CCC[C@H](O)C4)nc3n2C2CCC(C(N)=O)CC2)c(F)c1. The predicted octanol–water partition coefficient (Wildman–Crippen LogP) is 3.65. The van der Waals surface area contributed by atoms with Crippen LogP contribution in [0.3, 0.4) is 0 Å². The Morgan fingerprint density at radius 3 is 2.51 bits per heavy atom. The van der Waals surface area contributed by atoms with Crippen LogP contribution in [0.5, 0.6) is 0 Å². The second-order valence-electron chi connectivity index (χ2n) is 9.83. The maximum absolute atomic E-state index is 14.7. The molecular formula is C25H28F2N8O2. The van der Waals surface area contributed by atoms with Gasteiger partial charge in [-0.2, -0.15) is 10.2 Å². The van der Waals surface area contributed by atoms with E-state index < -0.39 is 17.3 Å². The van der Waals surface area contributed by atoms with Gasteiger partial charge in [0.15, 0.2) is 17.3 Å². The predicted molar refractivity (Wildman–Crippen MR) is 132 cm³/mol. The van der Waals surface area contributed by atoms with Gasteiger partial charge in [0.25, 0.3) is 0 Å². The number of imidazole rings is 1. The molecule has 2 aliphatic carbocycles. The van der Waals surface area contributed by atoms with Gasteiger partial charge in [0, 0.05) is 18.0 Å². The largest absolute Gasteiger partial charge is 0.393 e. The van der Waals surface area contributed by atoms with Gasteiger partial charge in [0.1, 0.15) is 11.2 Å². The minimum Gasteiger partial charge on any atom is -0.393 e.